The van der Waals surface area contributed by atoms with Crippen LogP contribution in [0, 0.1) is 12.7 Å². The zero-order chi connectivity index (χ0) is 23.0. The molecular formula is C20H22FN4O5S+. The van der Waals surface area contributed by atoms with Gasteiger partial charge in [-0.2, -0.15) is 0 Å². The highest BCUT2D eigenvalue weighted by Gasteiger charge is 2.44. The van der Waals surface area contributed by atoms with Gasteiger partial charge in [-0.3, -0.25) is 9.59 Å². The van der Waals surface area contributed by atoms with E-state index < -0.39 is 31.9 Å². The van der Waals surface area contributed by atoms with E-state index in [1.54, 1.807) is 36.7 Å². The third-order valence-corrected chi connectivity index (χ3v) is 7.40. The fourth-order valence-corrected chi connectivity index (χ4v) is 4.01. The Morgan fingerprint density at radius 1 is 1.26 bits per heavy atom. The maximum atomic E-state index is 14.3. The molecule has 0 fully saturated rings. The lowest BCUT2D eigenvalue weighted by Gasteiger charge is -2.23. The summed E-state index contributed by atoms with van der Waals surface area (Å²) >= 11 is 0. The van der Waals surface area contributed by atoms with Gasteiger partial charge >= 0.3 is 5.91 Å². The molecule has 0 unspecified atom stereocenters. The predicted molar refractivity (Wildman–Crippen MR) is 114 cm³/mol. The second kappa shape index (κ2) is 8.16. The average Bonchev–Trinajstić information content (AvgIpc) is 2.71. The van der Waals surface area contributed by atoms with Gasteiger partial charge < -0.3 is 5.21 Å². The number of aryl methyl sites for hydroxylation is 2. The Bertz CT molecular complexity index is 1340. The second-order valence-electron chi connectivity index (χ2n) is 7.54. The molecule has 1 heterocycles. The van der Waals surface area contributed by atoms with E-state index in [4.69, 9.17) is 5.21 Å². The molecule has 1 atom stereocenters. The Morgan fingerprint density at radius 2 is 1.97 bits per heavy atom. The minimum atomic E-state index is -3.88. The van der Waals surface area contributed by atoms with E-state index in [1.165, 1.54) is 19.1 Å². The molecule has 0 radical (unpaired) electrons. The zero-order valence-electron chi connectivity index (χ0n) is 17.1. The van der Waals surface area contributed by atoms with Crippen LogP contribution in [0.3, 0.4) is 0 Å². The number of rotatable bonds is 6. The summed E-state index contributed by atoms with van der Waals surface area (Å²) in [5.41, 5.74) is 3.02. The first-order valence-corrected chi connectivity index (χ1v) is 11.2. The number of halogens is 1. The fourth-order valence-electron chi connectivity index (χ4n) is 3.16. The molecule has 9 nitrogen and oxygen atoms in total. The first kappa shape index (κ1) is 22.5. The summed E-state index contributed by atoms with van der Waals surface area (Å²) in [6.07, 6.45) is 0.617. The Hall–Kier alpha value is -3.18. The minimum Gasteiger partial charge on any atom is -0.310 e. The monoisotopic (exact) mass is 449 g/mol. The van der Waals surface area contributed by atoms with Gasteiger partial charge in [0.2, 0.25) is 0 Å². The number of nitrogens with zero attached hydrogens (tertiary/aromatic N) is 3. The molecule has 0 aliphatic rings. The van der Waals surface area contributed by atoms with Crippen LogP contribution >= 0.6 is 0 Å². The van der Waals surface area contributed by atoms with Gasteiger partial charge in [0, 0.05) is 18.4 Å². The SMILES string of the molecule is Cc1ccc(-c2ccc3c(=O)n(CC[C@](C)(C(=O)N[OH2+])S(C)(=O)=O)nnc3c2)c(F)c1. The molecule has 1 amide bonds. The molecule has 164 valence electrons. The number of nitrogens with one attached hydrogen (secondary N) is 1. The van der Waals surface area contributed by atoms with Crippen molar-refractivity contribution in [3.63, 3.8) is 0 Å². The molecule has 11 heteroatoms. The molecule has 0 aliphatic carbocycles. The number of carbonyl (C=O) groups is 1. The highest BCUT2D eigenvalue weighted by molar-refractivity contribution is 7.92. The molecule has 0 saturated heterocycles. The summed E-state index contributed by atoms with van der Waals surface area (Å²) in [7, 11) is -3.88. The number of sulfone groups is 1. The van der Waals surface area contributed by atoms with E-state index in [9.17, 15) is 22.4 Å². The van der Waals surface area contributed by atoms with Crippen molar-refractivity contribution in [1.29, 1.82) is 0 Å². The molecule has 3 rings (SSSR count). The summed E-state index contributed by atoms with van der Waals surface area (Å²) in [5.74, 6) is -1.39. The van der Waals surface area contributed by atoms with E-state index in [-0.39, 0.29) is 23.9 Å². The largest absolute Gasteiger partial charge is 0.310 e. The normalized spacial score (nSPS) is 13.7. The topological polar surface area (TPSA) is 134 Å². The van der Waals surface area contributed by atoms with Crippen molar-refractivity contribution in [2.75, 3.05) is 6.26 Å². The molecular weight excluding hydrogens is 427 g/mol. The number of benzene rings is 2. The molecule has 3 aromatic rings. The summed E-state index contributed by atoms with van der Waals surface area (Å²) in [6.45, 7) is 2.77. The highest BCUT2D eigenvalue weighted by Crippen LogP contribution is 2.26. The quantitative estimate of drug-likeness (QED) is 0.438. The van der Waals surface area contributed by atoms with Crippen LogP contribution in [-0.2, 0) is 21.2 Å². The van der Waals surface area contributed by atoms with Gasteiger partial charge in [-0.25, -0.2) is 17.5 Å². The van der Waals surface area contributed by atoms with Crippen LogP contribution in [-0.4, -0.2) is 45.5 Å². The first-order valence-electron chi connectivity index (χ1n) is 9.29. The van der Waals surface area contributed by atoms with E-state index in [0.717, 1.165) is 16.5 Å². The maximum absolute atomic E-state index is 14.3. The van der Waals surface area contributed by atoms with E-state index in [2.05, 4.69) is 10.3 Å². The summed E-state index contributed by atoms with van der Waals surface area (Å²) in [6, 6.07) is 9.48. The molecule has 31 heavy (non-hydrogen) atoms. The molecule has 0 spiro atoms. The van der Waals surface area contributed by atoms with Crippen LogP contribution in [0.2, 0.25) is 0 Å². The number of fused-ring (bicyclic) bond motifs is 1. The van der Waals surface area contributed by atoms with Crippen molar-refractivity contribution in [3.8, 4) is 11.1 Å². The molecule has 2 aromatic carbocycles. The highest BCUT2D eigenvalue weighted by atomic mass is 32.2. The predicted octanol–water partition coefficient (Wildman–Crippen LogP) is 0.855. The molecule has 3 N–H and O–H groups in total. The van der Waals surface area contributed by atoms with E-state index >= 15 is 0 Å². The van der Waals surface area contributed by atoms with Crippen LogP contribution < -0.4 is 11.0 Å². The van der Waals surface area contributed by atoms with Crippen molar-refractivity contribution in [1.82, 2.24) is 20.5 Å². The zero-order valence-corrected chi connectivity index (χ0v) is 18.0. The van der Waals surface area contributed by atoms with Gasteiger partial charge in [-0.15, -0.1) is 10.6 Å². The number of hydrogen-bond acceptors (Lipinski definition) is 6. The Kier molecular flexibility index (Phi) is 5.92. The van der Waals surface area contributed by atoms with Gasteiger partial charge in [0.05, 0.1) is 5.39 Å². The van der Waals surface area contributed by atoms with Crippen molar-refractivity contribution in [2.45, 2.75) is 31.6 Å². The summed E-state index contributed by atoms with van der Waals surface area (Å²) < 4.78 is 37.5. The van der Waals surface area contributed by atoms with Gasteiger partial charge in [-0.1, -0.05) is 23.4 Å². The first-order chi connectivity index (χ1) is 14.5. The van der Waals surface area contributed by atoms with E-state index in [1.807, 2.05) is 0 Å². The number of hydrogen-bond donors (Lipinski definition) is 1. The smallest absolute Gasteiger partial charge is 0.304 e. The van der Waals surface area contributed by atoms with Gasteiger partial charge in [0.15, 0.2) is 14.6 Å². The number of carbonyl (C=O) groups excluding carboxylic acids is 1. The Labute approximate surface area is 177 Å². The summed E-state index contributed by atoms with van der Waals surface area (Å²) in [5, 5.41) is 15.1. The molecule has 1 aromatic heterocycles. The van der Waals surface area contributed by atoms with Gasteiger partial charge in [-0.05, 0) is 49.6 Å². The molecule has 0 bridgehead atoms. The minimum absolute atomic E-state index is 0.201. The van der Waals surface area contributed by atoms with Crippen LogP contribution in [0.5, 0.6) is 0 Å². The second-order valence-corrected chi connectivity index (χ2v) is 9.99. The third kappa shape index (κ3) is 4.19. The Balaban J connectivity index is 1.96. The van der Waals surface area contributed by atoms with Crippen LogP contribution in [0.15, 0.2) is 41.2 Å². The summed E-state index contributed by atoms with van der Waals surface area (Å²) in [4.78, 5) is 24.8. The van der Waals surface area contributed by atoms with Crippen molar-refractivity contribution in [2.24, 2.45) is 0 Å². The Morgan fingerprint density at radius 3 is 2.58 bits per heavy atom. The van der Waals surface area contributed by atoms with Crippen molar-refractivity contribution in [3.05, 3.63) is 58.1 Å². The van der Waals surface area contributed by atoms with Crippen LogP contribution in [0.1, 0.15) is 18.9 Å². The molecule has 0 aliphatic heterocycles. The third-order valence-electron chi connectivity index (χ3n) is 5.37. The van der Waals surface area contributed by atoms with Gasteiger partial charge in [0.1, 0.15) is 11.3 Å². The lowest BCUT2D eigenvalue weighted by molar-refractivity contribution is -0.131. The number of amides is 1. The number of hydroxylamine groups is 1. The maximum Gasteiger partial charge on any atom is 0.304 e. The average molecular weight is 449 g/mol. The van der Waals surface area contributed by atoms with Crippen molar-refractivity contribution >= 4 is 26.6 Å². The van der Waals surface area contributed by atoms with Crippen LogP contribution in [0.25, 0.3) is 22.0 Å². The van der Waals surface area contributed by atoms with Gasteiger partial charge in [0.25, 0.3) is 5.56 Å². The lowest BCUT2D eigenvalue weighted by Crippen LogP contribution is -2.50. The molecule has 0 saturated carbocycles. The van der Waals surface area contributed by atoms with Crippen LogP contribution in [0.4, 0.5) is 4.39 Å². The fraction of sp³-hybridized carbons (Fsp3) is 0.300. The van der Waals surface area contributed by atoms with Crippen molar-refractivity contribution < 1.29 is 22.8 Å². The van der Waals surface area contributed by atoms with E-state index in [0.29, 0.717) is 11.1 Å². The number of aromatic nitrogens is 3. The standard InChI is InChI=1S/C20H21FN4O5S/c1-12-4-6-14(16(21)10-12)13-5-7-15-17(11-13)22-24-25(18(15)26)9-8-20(2,19(27)23-28)31(3,29)30/h4-7,10-11,28H,8-9H2,1-3H3,(H,23,27)/p+1/t20-/m1/s1. The lowest BCUT2D eigenvalue weighted by atomic mass is 10.0.